The van der Waals surface area contributed by atoms with E-state index in [2.05, 4.69) is 16.1 Å². The average Bonchev–Trinajstić information content (AvgIpc) is 2.67. The molecular weight excluding hydrogens is 330 g/mol. The van der Waals surface area contributed by atoms with Crippen LogP contribution in [0.2, 0.25) is 0 Å². The zero-order chi connectivity index (χ0) is 18.5. The monoisotopic (exact) mass is 353 g/mol. The third-order valence-corrected chi connectivity index (χ3v) is 4.58. The minimum atomic E-state index is -0.628. The standard InChI is InChI=1S/C21H23NO4/c1-14(26-19-12-9-15-5-3-4-6-17(15)13-19)20(23)22-18-10-7-16(8-11-18)21(24)25-2/h7-14H,3-6H2,1-2H3,(H,22,23). The number of benzene rings is 2. The highest BCUT2D eigenvalue weighted by Crippen LogP contribution is 2.26. The molecule has 1 aliphatic rings. The zero-order valence-corrected chi connectivity index (χ0v) is 15.1. The summed E-state index contributed by atoms with van der Waals surface area (Å²) in [5.74, 6) is 0.0647. The van der Waals surface area contributed by atoms with Gasteiger partial charge in [0.2, 0.25) is 0 Å². The summed E-state index contributed by atoms with van der Waals surface area (Å²) in [5.41, 5.74) is 3.73. The highest BCUT2D eigenvalue weighted by molar-refractivity contribution is 5.95. The second-order valence-corrected chi connectivity index (χ2v) is 6.46. The molecule has 1 N–H and O–H groups in total. The van der Waals surface area contributed by atoms with Gasteiger partial charge in [0.15, 0.2) is 6.10 Å². The van der Waals surface area contributed by atoms with Gasteiger partial charge < -0.3 is 14.8 Å². The van der Waals surface area contributed by atoms with E-state index in [9.17, 15) is 9.59 Å². The van der Waals surface area contributed by atoms with Gasteiger partial charge in [-0.05, 0) is 80.1 Å². The lowest BCUT2D eigenvalue weighted by atomic mass is 9.92. The van der Waals surface area contributed by atoms with Gasteiger partial charge in [-0.3, -0.25) is 4.79 Å². The fourth-order valence-corrected chi connectivity index (χ4v) is 3.09. The minimum Gasteiger partial charge on any atom is -0.481 e. The van der Waals surface area contributed by atoms with E-state index in [0.29, 0.717) is 17.0 Å². The number of methoxy groups -OCH3 is 1. The molecule has 26 heavy (non-hydrogen) atoms. The molecule has 0 bridgehead atoms. The van der Waals surface area contributed by atoms with Crippen molar-refractivity contribution in [3.63, 3.8) is 0 Å². The van der Waals surface area contributed by atoms with Crippen molar-refractivity contribution in [1.82, 2.24) is 0 Å². The Balaban J connectivity index is 1.60. The predicted molar refractivity (Wildman–Crippen MR) is 99.6 cm³/mol. The van der Waals surface area contributed by atoms with Gasteiger partial charge in [0.25, 0.3) is 5.91 Å². The van der Waals surface area contributed by atoms with Crippen molar-refractivity contribution >= 4 is 17.6 Å². The maximum Gasteiger partial charge on any atom is 0.337 e. The molecule has 0 spiro atoms. The number of amides is 1. The van der Waals surface area contributed by atoms with Crippen molar-refractivity contribution in [2.24, 2.45) is 0 Å². The molecule has 0 aromatic heterocycles. The number of carbonyl (C=O) groups is 2. The Morgan fingerprint density at radius 3 is 2.38 bits per heavy atom. The molecule has 0 radical (unpaired) electrons. The van der Waals surface area contributed by atoms with Gasteiger partial charge in [-0.15, -0.1) is 0 Å². The molecule has 2 aromatic rings. The highest BCUT2D eigenvalue weighted by atomic mass is 16.5. The molecule has 3 rings (SSSR count). The van der Waals surface area contributed by atoms with Crippen LogP contribution in [-0.4, -0.2) is 25.1 Å². The van der Waals surface area contributed by atoms with Gasteiger partial charge in [-0.25, -0.2) is 4.79 Å². The van der Waals surface area contributed by atoms with E-state index in [1.807, 2.05) is 12.1 Å². The van der Waals surface area contributed by atoms with Crippen molar-refractivity contribution < 1.29 is 19.1 Å². The normalized spacial score (nSPS) is 14.1. The summed E-state index contributed by atoms with van der Waals surface area (Å²) in [6, 6.07) is 12.6. The topological polar surface area (TPSA) is 64.6 Å². The van der Waals surface area contributed by atoms with E-state index in [1.165, 1.54) is 31.1 Å². The molecule has 1 unspecified atom stereocenters. The molecule has 0 aliphatic heterocycles. The van der Waals surface area contributed by atoms with Crippen LogP contribution in [0.5, 0.6) is 5.75 Å². The Kier molecular flexibility index (Phi) is 5.56. The van der Waals surface area contributed by atoms with Gasteiger partial charge in [0, 0.05) is 5.69 Å². The number of carbonyl (C=O) groups excluding carboxylic acids is 2. The number of esters is 1. The van der Waals surface area contributed by atoms with Gasteiger partial charge >= 0.3 is 5.97 Å². The summed E-state index contributed by atoms with van der Waals surface area (Å²) in [6.45, 7) is 1.72. The quantitative estimate of drug-likeness (QED) is 0.832. The van der Waals surface area contributed by atoms with E-state index in [1.54, 1.807) is 31.2 Å². The Bertz CT molecular complexity index is 798. The molecule has 1 atom stereocenters. The number of aryl methyl sites for hydroxylation is 2. The van der Waals surface area contributed by atoms with Crippen LogP contribution in [0.15, 0.2) is 42.5 Å². The third kappa shape index (κ3) is 4.23. The molecule has 5 nitrogen and oxygen atoms in total. The van der Waals surface area contributed by atoms with Crippen LogP contribution < -0.4 is 10.1 Å². The summed E-state index contributed by atoms with van der Waals surface area (Å²) in [7, 11) is 1.33. The van der Waals surface area contributed by atoms with Crippen molar-refractivity contribution in [2.45, 2.75) is 38.7 Å². The van der Waals surface area contributed by atoms with Crippen LogP contribution in [0, 0.1) is 0 Å². The first-order valence-corrected chi connectivity index (χ1v) is 8.84. The van der Waals surface area contributed by atoms with Crippen LogP contribution in [0.3, 0.4) is 0 Å². The predicted octanol–water partition coefficient (Wildman–Crippen LogP) is 3.76. The summed E-state index contributed by atoms with van der Waals surface area (Å²) in [4.78, 5) is 23.8. The molecule has 2 aromatic carbocycles. The van der Waals surface area contributed by atoms with Crippen LogP contribution in [0.4, 0.5) is 5.69 Å². The zero-order valence-electron chi connectivity index (χ0n) is 15.1. The van der Waals surface area contributed by atoms with Crippen LogP contribution in [0.25, 0.3) is 0 Å². The Labute approximate surface area is 153 Å². The van der Waals surface area contributed by atoms with Crippen molar-refractivity contribution in [3.05, 3.63) is 59.2 Å². The summed E-state index contributed by atoms with van der Waals surface area (Å²) < 4.78 is 10.5. The number of hydrogen-bond donors (Lipinski definition) is 1. The summed E-state index contributed by atoms with van der Waals surface area (Å²) in [5, 5.41) is 2.79. The van der Waals surface area contributed by atoms with E-state index in [4.69, 9.17) is 4.74 Å². The first-order valence-electron chi connectivity index (χ1n) is 8.84. The lowest BCUT2D eigenvalue weighted by Crippen LogP contribution is -2.30. The van der Waals surface area contributed by atoms with Crippen LogP contribution >= 0.6 is 0 Å². The lowest BCUT2D eigenvalue weighted by molar-refractivity contribution is -0.122. The molecule has 0 saturated carbocycles. The minimum absolute atomic E-state index is 0.242. The van der Waals surface area contributed by atoms with Crippen LogP contribution in [-0.2, 0) is 22.4 Å². The number of ether oxygens (including phenoxy) is 2. The van der Waals surface area contributed by atoms with Crippen molar-refractivity contribution in [1.29, 1.82) is 0 Å². The van der Waals surface area contributed by atoms with E-state index in [-0.39, 0.29) is 5.91 Å². The van der Waals surface area contributed by atoms with Gasteiger partial charge in [-0.1, -0.05) is 6.07 Å². The number of fused-ring (bicyclic) bond motifs is 1. The molecule has 0 saturated heterocycles. The van der Waals surface area contributed by atoms with Crippen molar-refractivity contribution in [2.75, 3.05) is 12.4 Å². The number of rotatable bonds is 5. The highest BCUT2D eigenvalue weighted by Gasteiger charge is 2.17. The number of nitrogens with one attached hydrogen (secondary N) is 1. The fourth-order valence-electron chi connectivity index (χ4n) is 3.09. The SMILES string of the molecule is COC(=O)c1ccc(NC(=O)C(C)Oc2ccc3c(c2)CCCC3)cc1. The Hall–Kier alpha value is -2.82. The molecular formula is C21H23NO4. The van der Waals surface area contributed by atoms with Gasteiger partial charge in [0.05, 0.1) is 12.7 Å². The first-order chi connectivity index (χ1) is 12.6. The maximum atomic E-state index is 12.4. The van der Waals surface area contributed by atoms with Gasteiger partial charge in [0.1, 0.15) is 5.75 Å². The Morgan fingerprint density at radius 2 is 1.69 bits per heavy atom. The van der Waals surface area contributed by atoms with E-state index < -0.39 is 12.1 Å². The average molecular weight is 353 g/mol. The second kappa shape index (κ2) is 8.04. The smallest absolute Gasteiger partial charge is 0.337 e. The molecule has 5 heteroatoms. The third-order valence-electron chi connectivity index (χ3n) is 4.58. The molecule has 1 aliphatic carbocycles. The molecule has 1 amide bonds. The largest absolute Gasteiger partial charge is 0.481 e. The van der Waals surface area contributed by atoms with Crippen molar-refractivity contribution in [3.8, 4) is 5.75 Å². The molecule has 0 fully saturated rings. The summed E-state index contributed by atoms with van der Waals surface area (Å²) in [6.07, 6.45) is 4.00. The Morgan fingerprint density at radius 1 is 1.00 bits per heavy atom. The first kappa shape index (κ1) is 18.0. The maximum absolute atomic E-state index is 12.4. The van der Waals surface area contributed by atoms with E-state index >= 15 is 0 Å². The van der Waals surface area contributed by atoms with Gasteiger partial charge in [-0.2, -0.15) is 0 Å². The van der Waals surface area contributed by atoms with E-state index in [0.717, 1.165) is 12.8 Å². The lowest BCUT2D eigenvalue weighted by Gasteiger charge is -2.19. The number of anilines is 1. The van der Waals surface area contributed by atoms with Crippen LogP contribution in [0.1, 0.15) is 41.3 Å². The molecule has 0 heterocycles. The fraction of sp³-hybridized carbons (Fsp3) is 0.333. The summed E-state index contributed by atoms with van der Waals surface area (Å²) >= 11 is 0. The molecule has 136 valence electrons. The second-order valence-electron chi connectivity index (χ2n) is 6.46. The number of hydrogen-bond acceptors (Lipinski definition) is 4.